The summed E-state index contributed by atoms with van der Waals surface area (Å²) >= 11 is 0. The van der Waals surface area contributed by atoms with Crippen LogP contribution in [-0.4, -0.2) is 27.9 Å². The summed E-state index contributed by atoms with van der Waals surface area (Å²) in [5, 5.41) is 8.29. The van der Waals surface area contributed by atoms with Crippen LogP contribution < -0.4 is 14.8 Å². The number of aryl methyl sites for hydroxylation is 2. The third-order valence-corrected chi connectivity index (χ3v) is 6.51. The molecule has 5 aromatic rings. The second-order valence-corrected chi connectivity index (χ2v) is 9.37. The van der Waals surface area contributed by atoms with Gasteiger partial charge in [-0.2, -0.15) is 18.3 Å². The van der Waals surface area contributed by atoms with E-state index in [0.29, 0.717) is 29.3 Å². The van der Waals surface area contributed by atoms with Crippen molar-refractivity contribution < 1.29 is 27.1 Å². The zero-order chi connectivity index (χ0) is 28.1. The molecule has 0 aliphatic heterocycles. The van der Waals surface area contributed by atoms with Gasteiger partial charge in [-0.1, -0.05) is 12.1 Å². The van der Waals surface area contributed by atoms with Crippen LogP contribution in [0.15, 0.2) is 77.5 Å². The minimum absolute atomic E-state index is 0.194. The second-order valence-electron chi connectivity index (χ2n) is 9.37. The lowest BCUT2D eigenvalue weighted by Gasteiger charge is -2.09. The van der Waals surface area contributed by atoms with Gasteiger partial charge in [0.05, 0.1) is 17.7 Å². The Balaban J connectivity index is 1.17. The van der Waals surface area contributed by atoms with E-state index >= 15 is 0 Å². The number of benzene rings is 2. The molecule has 0 unspecified atom stereocenters. The van der Waals surface area contributed by atoms with Crippen molar-refractivity contribution in [1.29, 1.82) is 0 Å². The number of ether oxygens (including phenoxy) is 2. The Morgan fingerprint density at radius 3 is 2.58 bits per heavy atom. The first-order chi connectivity index (χ1) is 19.3. The number of hydrogen-bond acceptors (Lipinski definition) is 6. The van der Waals surface area contributed by atoms with Crippen molar-refractivity contribution in [3.8, 4) is 22.8 Å². The Bertz CT molecular complexity index is 1560. The molecule has 0 saturated heterocycles. The molecule has 2 aromatic carbocycles. The van der Waals surface area contributed by atoms with E-state index in [9.17, 15) is 13.2 Å². The number of hydrogen-bond donors (Lipinski definition) is 1. The molecule has 0 aliphatic carbocycles. The van der Waals surface area contributed by atoms with Crippen LogP contribution in [0.2, 0.25) is 0 Å². The van der Waals surface area contributed by atoms with E-state index in [2.05, 4.69) is 15.4 Å². The lowest BCUT2D eigenvalue weighted by atomic mass is 10.1. The number of furan rings is 1. The Hall–Kier alpha value is -4.31. The van der Waals surface area contributed by atoms with Gasteiger partial charge in [-0.3, -0.25) is 9.67 Å². The molecule has 10 heteroatoms. The van der Waals surface area contributed by atoms with Crippen LogP contribution >= 0.6 is 0 Å². The summed E-state index contributed by atoms with van der Waals surface area (Å²) in [6.07, 6.45) is -0.0123. The fraction of sp³-hybridized carbons (Fsp3) is 0.267. The fourth-order valence-electron chi connectivity index (χ4n) is 4.43. The zero-order valence-electron chi connectivity index (χ0n) is 22.2. The SMILES string of the molecule is Cc1c(COc2ccc(-c3cc(C(F)(F)F)n(C)n3)cc2)oc2cccc(OCCCNCc3cccnc3)c12. The van der Waals surface area contributed by atoms with E-state index in [0.717, 1.165) is 52.5 Å². The van der Waals surface area contributed by atoms with Crippen LogP contribution in [0.3, 0.4) is 0 Å². The molecule has 40 heavy (non-hydrogen) atoms. The smallest absolute Gasteiger partial charge is 0.433 e. The number of halogens is 3. The van der Waals surface area contributed by atoms with Crippen molar-refractivity contribution in [2.75, 3.05) is 13.2 Å². The van der Waals surface area contributed by atoms with Gasteiger partial charge >= 0.3 is 6.18 Å². The molecule has 0 amide bonds. The topological polar surface area (TPSA) is 74.3 Å². The summed E-state index contributed by atoms with van der Waals surface area (Å²) in [5.74, 6) is 1.99. The fourth-order valence-corrected chi connectivity index (χ4v) is 4.43. The second kappa shape index (κ2) is 11.8. The van der Waals surface area contributed by atoms with Gasteiger partial charge in [-0.05, 0) is 74.0 Å². The van der Waals surface area contributed by atoms with E-state index in [4.69, 9.17) is 13.9 Å². The number of fused-ring (bicyclic) bond motifs is 1. The van der Waals surface area contributed by atoms with Gasteiger partial charge in [-0.25, -0.2) is 0 Å². The van der Waals surface area contributed by atoms with E-state index in [1.165, 1.54) is 7.05 Å². The lowest BCUT2D eigenvalue weighted by molar-refractivity contribution is -0.143. The quantitative estimate of drug-likeness (QED) is 0.185. The summed E-state index contributed by atoms with van der Waals surface area (Å²) in [7, 11) is 1.28. The number of pyridine rings is 1. The third-order valence-electron chi connectivity index (χ3n) is 6.51. The maximum atomic E-state index is 13.1. The first-order valence-corrected chi connectivity index (χ1v) is 12.9. The Labute approximate surface area is 229 Å². The van der Waals surface area contributed by atoms with E-state index in [1.807, 2.05) is 43.5 Å². The molecule has 0 atom stereocenters. The van der Waals surface area contributed by atoms with Crippen molar-refractivity contribution >= 4 is 11.0 Å². The highest BCUT2D eigenvalue weighted by atomic mass is 19.4. The van der Waals surface area contributed by atoms with Crippen molar-refractivity contribution in [2.45, 2.75) is 32.7 Å². The summed E-state index contributed by atoms with van der Waals surface area (Å²) in [6.45, 7) is 4.30. The van der Waals surface area contributed by atoms with Crippen molar-refractivity contribution in [1.82, 2.24) is 20.1 Å². The van der Waals surface area contributed by atoms with Crippen molar-refractivity contribution in [3.63, 3.8) is 0 Å². The van der Waals surface area contributed by atoms with Crippen molar-refractivity contribution in [2.24, 2.45) is 7.05 Å². The average molecular weight is 551 g/mol. The standard InChI is InChI=1S/C30H29F3N4O3/c1-20-27(19-39-23-11-9-22(10-12-23)24-16-28(30(31,32)33)37(2)36-24)40-26-8-3-7-25(29(20)26)38-15-5-14-35-18-21-6-4-13-34-17-21/h3-4,6-13,16-17,35H,5,14-15,18-19H2,1-2H3. The molecule has 7 nitrogen and oxygen atoms in total. The third kappa shape index (κ3) is 6.28. The molecule has 3 aromatic heterocycles. The predicted molar refractivity (Wildman–Crippen MR) is 145 cm³/mol. The van der Waals surface area contributed by atoms with Crippen LogP contribution in [0, 0.1) is 6.92 Å². The molecule has 5 rings (SSSR count). The van der Waals surface area contributed by atoms with Gasteiger partial charge in [0.15, 0.2) is 0 Å². The molecule has 3 heterocycles. The minimum atomic E-state index is -4.46. The minimum Gasteiger partial charge on any atom is -0.493 e. The molecule has 0 spiro atoms. The van der Waals surface area contributed by atoms with Gasteiger partial charge < -0.3 is 19.2 Å². The maximum absolute atomic E-state index is 13.1. The maximum Gasteiger partial charge on any atom is 0.433 e. The molecular formula is C30H29F3N4O3. The highest BCUT2D eigenvalue weighted by molar-refractivity contribution is 5.88. The van der Waals surface area contributed by atoms with Crippen LogP contribution in [0.5, 0.6) is 11.5 Å². The summed E-state index contributed by atoms with van der Waals surface area (Å²) < 4.78 is 58.2. The monoisotopic (exact) mass is 550 g/mol. The number of rotatable bonds is 11. The Morgan fingerprint density at radius 1 is 1.02 bits per heavy atom. The van der Waals surface area contributed by atoms with E-state index in [-0.39, 0.29) is 12.3 Å². The molecule has 1 N–H and O–H groups in total. The largest absolute Gasteiger partial charge is 0.493 e. The molecule has 0 saturated carbocycles. The van der Waals surface area contributed by atoms with E-state index < -0.39 is 11.9 Å². The molecular weight excluding hydrogens is 521 g/mol. The Morgan fingerprint density at radius 2 is 1.85 bits per heavy atom. The highest BCUT2D eigenvalue weighted by Gasteiger charge is 2.35. The van der Waals surface area contributed by atoms with Gasteiger partial charge in [0.2, 0.25) is 0 Å². The normalized spacial score (nSPS) is 11.7. The molecule has 0 radical (unpaired) electrons. The van der Waals surface area contributed by atoms with Crippen molar-refractivity contribution in [3.05, 3.63) is 95.6 Å². The number of nitrogens with zero attached hydrogens (tertiary/aromatic N) is 3. The number of aromatic nitrogens is 3. The zero-order valence-corrected chi connectivity index (χ0v) is 22.2. The molecule has 0 fully saturated rings. The van der Waals surface area contributed by atoms with Crippen LogP contribution in [0.1, 0.15) is 29.0 Å². The first kappa shape index (κ1) is 27.3. The molecule has 208 valence electrons. The average Bonchev–Trinajstić information content (AvgIpc) is 3.50. The summed E-state index contributed by atoms with van der Waals surface area (Å²) in [5.41, 5.74) is 2.79. The van der Waals surface area contributed by atoms with Crippen LogP contribution in [0.25, 0.3) is 22.2 Å². The highest BCUT2D eigenvalue weighted by Crippen LogP contribution is 2.35. The van der Waals surface area contributed by atoms with Gasteiger partial charge in [0.1, 0.15) is 35.1 Å². The first-order valence-electron chi connectivity index (χ1n) is 12.9. The van der Waals surface area contributed by atoms with Crippen LogP contribution in [0.4, 0.5) is 13.2 Å². The number of nitrogens with one attached hydrogen (secondary N) is 1. The van der Waals surface area contributed by atoms with Gasteiger partial charge in [0, 0.05) is 37.1 Å². The summed E-state index contributed by atoms with van der Waals surface area (Å²) in [6, 6.07) is 17.5. The molecule has 0 bridgehead atoms. The predicted octanol–water partition coefficient (Wildman–Crippen LogP) is 6.69. The van der Waals surface area contributed by atoms with Crippen LogP contribution in [-0.2, 0) is 26.4 Å². The Kier molecular flexibility index (Phi) is 8.06. The summed E-state index contributed by atoms with van der Waals surface area (Å²) in [4.78, 5) is 4.12. The van der Waals surface area contributed by atoms with Gasteiger partial charge in [-0.15, -0.1) is 0 Å². The molecule has 0 aliphatic rings. The van der Waals surface area contributed by atoms with E-state index in [1.54, 1.807) is 30.5 Å². The lowest BCUT2D eigenvalue weighted by Crippen LogP contribution is -2.17. The van der Waals surface area contributed by atoms with Gasteiger partial charge in [0.25, 0.3) is 0 Å². The number of alkyl halides is 3.